The zero-order valence-electron chi connectivity index (χ0n) is 15.5. The summed E-state index contributed by atoms with van der Waals surface area (Å²) in [6.07, 6.45) is 0.365. The standard InChI is InChI=1S/C19H19BrN4O4S/c1-2-16(25)21-14-7-3-12(4-8-14)18(27)23-24-19(29)22-17(26)11-28-15-9-5-13(20)6-10-15/h3-10H,2,11H2,1H3,(H,21,25)(H,23,27)(H2,22,24,26,29). The van der Waals surface area contributed by atoms with Crippen molar-refractivity contribution in [3.8, 4) is 5.75 Å². The number of hydrogen-bond acceptors (Lipinski definition) is 5. The molecule has 0 heterocycles. The first kappa shape index (κ1) is 22.3. The molecule has 0 fully saturated rings. The van der Waals surface area contributed by atoms with Crippen LogP contribution in [0.1, 0.15) is 23.7 Å². The van der Waals surface area contributed by atoms with Gasteiger partial charge in [0.2, 0.25) is 5.91 Å². The van der Waals surface area contributed by atoms with Gasteiger partial charge >= 0.3 is 0 Å². The fourth-order valence-corrected chi connectivity index (χ4v) is 2.44. The van der Waals surface area contributed by atoms with E-state index in [1.54, 1.807) is 55.5 Å². The third-order valence-corrected chi connectivity index (χ3v) is 4.21. The summed E-state index contributed by atoms with van der Waals surface area (Å²) in [5, 5.41) is 5.00. The molecule has 3 amide bonds. The van der Waals surface area contributed by atoms with Crippen molar-refractivity contribution in [1.82, 2.24) is 16.2 Å². The van der Waals surface area contributed by atoms with Crippen LogP contribution < -0.4 is 26.2 Å². The van der Waals surface area contributed by atoms with E-state index in [0.29, 0.717) is 23.4 Å². The van der Waals surface area contributed by atoms with Gasteiger partial charge in [-0.1, -0.05) is 22.9 Å². The third kappa shape index (κ3) is 7.88. The van der Waals surface area contributed by atoms with Crippen molar-refractivity contribution in [2.75, 3.05) is 11.9 Å². The molecule has 0 radical (unpaired) electrons. The predicted molar refractivity (Wildman–Crippen MR) is 116 cm³/mol. The van der Waals surface area contributed by atoms with E-state index in [2.05, 4.69) is 37.4 Å². The molecule has 0 aromatic heterocycles. The molecular weight excluding hydrogens is 460 g/mol. The quantitative estimate of drug-likeness (QED) is 0.375. The van der Waals surface area contributed by atoms with Crippen molar-refractivity contribution in [2.45, 2.75) is 13.3 Å². The van der Waals surface area contributed by atoms with Crippen LogP contribution >= 0.6 is 28.1 Å². The molecule has 0 atom stereocenters. The first-order valence-electron chi connectivity index (χ1n) is 8.56. The number of carbonyl (C=O) groups is 3. The minimum Gasteiger partial charge on any atom is -0.484 e. The first-order chi connectivity index (χ1) is 13.9. The molecule has 0 saturated carbocycles. The lowest BCUT2D eigenvalue weighted by molar-refractivity contribution is -0.121. The van der Waals surface area contributed by atoms with E-state index in [-0.39, 0.29) is 17.6 Å². The van der Waals surface area contributed by atoms with Gasteiger partial charge in [-0.05, 0) is 60.7 Å². The van der Waals surface area contributed by atoms with Gasteiger partial charge in [0, 0.05) is 22.1 Å². The Morgan fingerprint density at radius 2 is 1.62 bits per heavy atom. The molecule has 8 nitrogen and oxygen atoms in total. The van der Waals surface area contributed by atoms with Crippen LogP contribution in [0.15, 0.2) is 53.0 Å². The molecule has 29 heavy (non-hydrogen) atoms. The van der Waals surface area contributed by atoms with Crippen molar-refractivity contribution >= 4 is 56.7 Å². The Hall–Kier alpha value is -2.98. The normalized spacial score (nSPS) is 9.86. The number of carbonyl (C=O) groups excluding carboxylic acids is 3. The van der Waals surface area contributed by atoms with Crippen molar-refractivity contribution in [1.29, 1.82) is 0 Å². The Kier molecular flexibility index (Phi) is 8.56. The highest BCUT2D eigenvalue weighted by Crippen LogP contribution is 2.15. The third-order valence-electron chi connectivity index (χ3n) is 3.48. The summed E-state index contributed by atoms with van der Waals surface area (Å²) in [5.74, 6) is -0.514. The summed E-state index contributed by atoms with van der Waals surface area (Å²) in [7, 11) is 0. The molecule has 0 spiro atoms. The Bertz CT molecular complexity index is 888. The summed E-state index contributed by atoms with van der Waals surface area (Å²) in [6, 6.07) is 13.3. The number of thiocarbonyl (C=S) groups is 1. The molecule has 0 aliphatic carbocycles. The number of anilines is 1. The fraction of sp³-hybridized carbons (Fsp3) is 0.158. The van der Waals surface area contributed by atoms with Crippen molar-refractivity contribution in [2.24, 2.45) is 0 Å². The highest BCUT2D eigenvalue weighted by Gasteiger charge is 2.09. The molecule has 4 N–H and O–H groups in total. The topological polar surface area (TPSA) is 109 Å². The van der Waals surface area contributed by atoms with E-state index in [1.165, 1.54) is 0 Å². The Balaban J connectivity index is 1.73. The summed E-state index contributed by atoms with van der Waals surface area (Å²) in [6.45, 7) is 1.51. The minimum absolute atomic E-state index is 0.0745. The molecular formula is C19H19BrN4O4S. The van der Waals surface area contributed by atoms with Gasteiger partial charge in [-0.25, -0.2) is 0 Å². The van der Waals surface area contributed by atoms with Crippen LogP contribution in [0, 0.1) is 0 Å². The second-order valence-corrected chi connectivity index (χ2v) is 7.00. The van der Waals surface area contributed by atoms with Crippen molar-refractivity contribution < 1.29 is 19.1 Å². The summed E-state index contributed by atoms with van der Waals surface area (Å²) >= 11 is 8.27. The van der Waals surface area contributed by atoms with Crippen molar-refractivity contribution in [3.63, 3.8) is 0 Å². The highest BCUT2D eigenvalue weighted by molar-refractivity contribution is 9.10. The highest BCUT2D eigenvalue weighted by atomic mass is 79.9. The van der Waals surface area contributed by atoms with E-state index in [9.17, 15) is 14.4 Å². The maximum absolute atomic E-state index is 12.1. The molecule has 2 aromatic rings. The van der Waals surface area contributed by atoms with Crippen LogP contribution in [0.25, 0.3) is 0 Å². The van der Waals surface area contributed by atoms with Crippen LogP contribution in [0.5, 0.6) is 5.75 Å². The van der Waals surface area contributed by atoms with E-state index in [4.69, 9.17) is 17.0 Å². The molecule has 0 aliphatic rings. The lowest BCUT2D eigenvalue weighted by atomic mass is 10.2. The molecule has 0 bridgehead atoms. The van der Waals surface area contributed by atoms with Gasteiger partial charge < -0.3 is 10.1 Å². The Morgan fingerprint density at radius 1 is 0.966 bits per heavy atom. The number of ether oxygens (including phenoxy) is 1. The summed E-state index contributed by atoms with van der Waals surface area (Å²) in [5.41, 5.74) is 5.76. The number of hydrogen-bond donors (Lipinski definition) is 4. The number of amides is 3. The zero-order chi connectivity index (χ0) is 21.2. The second-order valence-electron chi connectivity index (χ2n) is 5.68. The largest absolute Gasteiger partial charge is 0.484 e. The number of rotatable bonds is 6. The van der Waals surface area contributed by atoms with E-state index in [1.807, 2.05) is 0 Å². The SMILES string of the molecule is CCC(=O)Nc1ccc(C(=O)NNC(=S)NC(=O)COc2ccc(Br)cc2)cc1. The van der Waals surface area contributed by atoms with Gasteiger partial charge in [-0.2, -0.15) is 0 Å². The van der Waals surface area contributed by atoms with Crippen LogP contribution in [0.2, 0.25) is 0 Å². The van der Waals surface area contributed by atoms with E-state index in [0.717, 1.165) is 4.47 Å². The number of halogens is 1. The molecule has 2 rings (SSSR count). The molecule has 0 aliphatic heterocycles. The van der Waals surface area contributed by atoms with Crippen LogP contribution in [0.3, 0.4) is 0 Å². The van der Waals surface area contributed by atoms with Crippen LogP contribution in [-0.2, 0) is 9.59 Å². The van der Waals surface area contributed by atoms with Gasteiger partial charge in [0.05, 0.1) is 0 Å². The first-order valence-corrected chi connectivity index (χ1v) is 9.76. The summed E-state index contributed by atoms with van der Waals surface area (Å²) < 4.78 is 6.23. The van der Waals surface area contributed by atoms with Crippen LogP contribution in [0.4, 0.5) is 5.69 Å². The molecule has 0 saturated heterocycles. The van der Waals surface area contributed by atoms with Gasteiger partial charge in [0.25, 0.3) is 11.8 Å². The maximum atomic E-state index is 12.1. The van der Waals surface area contributed by atoms with Crippen molar-refractivity contribution in [3.05, 3.63) is 58.6 Å². The number of benzene rings is 2. The summed E-state index contributed by atoms with van der Waals surface area (Å²) in [4.78, 5) is 35.3. The molecule has 2 aromatic carbocycles. The predicted octanol–water partition coefficient (Wildman–Crippen LogP) is 2.51. The molecule has 0 unspecified atom stereocenters. The lowest BCUT2D eigenvalue weighted by Gasteiger charge is -2.12. The maximum Gasteiger partial charge on any atom is 0.269 e. The monoisotopic (exact) mass is 478 g/mol. The molecule has 152 valence electrons. The average Bonchev–Trinajstić information content (AvgIpc) is 2.72. The Morgan fingerprint density at radius 3 is 2.24 bits per heavy atom. The second kappa shape index (κ2) is 11.1. The Labute approximate surface area is 181 Å². The fourth-order valence-electron chi connectivity index (χ4n) is 2.01. The number of hydrazine groups is 1. The zero-order valence-corrected chi connectivity index (χ0v) is 17.9. The minimum atomic E-state index is -0.476. The van der Waals surface area contributed by atoms with Gasteiger partial charge in [-0.15, -0.1) is 0 Å². The van der Waals surface area contributed by atoms with E-state index >= 15 is 0 Å². The van der Waals surface area contributed by atoms with Gasteiger partial charge in [0.1, 0.15) is 5.75 Å². The average molecular weight is 479 g/mol. The lowest BCUT2D eigenvalue weighted by Crippen LogP contribution is -2.49. The van der Waals surface area contributed by atoms with Gasteiger partial charge in [0.15, 0.2) is 11.7 Å². The van der Waals surface area contributed by atoms with Gasteiger partial charge in [-0.3, -0.25) is 30.6 Å². The smallest absolute Gasteiger partial charge is 0.269 e. The molecule has 10 heteroatoms. The van der Waals surface area contributed by atoms with Crippen LogP contribution in [-0.4, -0.2) is 29.4 Å². The van der Waals surface area contributed by atoms with E-state index < -0.39 is 11.8 Å². The number of nitrogens with one attached hydrogen (secondary N) is 4.